The van der Waals surface area contributed by atoms with Gasteiger partial charge in [-0.3, -0.25) is 4.79 Å². The Morgan fingerprint density at radius 1 is 1.09 bits per heavy atom. The zero-order chi connectivity index (χ0) is 14.8. The number of nitrogens with zero attached hydrogens (tertiary/aromatic N) is 2. The van der Waals surface area contributed by atoms with Gasteiger partial charge in [0.2, 0.25) is 0 Å². The maximum absolute atomic E-state index is 12.6. The summed E-state index contributed by atoms with van der Waals surface area (Å²) in [5.74, 6) is 0.0693. The number of nitrogen functional groups attached to an aromatic ring is 1. The second-order valence-electron chi connectivity index (χ2n) is 6.00. The first-order chi connectivity index (χ1) is 10.1. The van der Waals surface area contributed by atoms with Crippen LogP contribution in [0, 0.1) is 0 Å². The molecule has 0 radical (unpaired) electrons. The zero-order valence-corrected chi connectivity index (χ0v) is 16.3. The molecule has 2 aliphatic rings. The van der Waals surface area contributed by atoms with Crippen LogP contribution in [0.25, 0.3) is 0 Å². The molecule has 0 unspecified atom stereocenters. The molecule has 0 spiro atoms. The highest BCUT2D eigenvalue weighted by molar-refractivity contribution is 9.10. The molecule has 23 heavy (non-hydrogen) atoms. The lowest BCUT2D eigenvalue weighted by Gasteiger charge is -2.36. The molecule has 0 aliphatic carbocycles. The molecule has 2 saturated heterocycles. The Bertz CT molecular complexity index is 530. The highest BCUT2D eigenvalue weighted by atomic mass is 79.9. The minimum absolute atomic E-state index is 0. The molecule has 2 heterocycles. The van der Waals surface area contributed by atoms with Gasteiger partial charge in [-0.2, -0.15) is 0 Å². The minimum Gasteiger partial charge on any atom is -0.398 e. The van der Waals surface area contributed by atoms with Gasteiger partial charge < -0.3 is 15.5 Å². The van der Waals surface area contributed by atoms with E-state index in [-0.39, 0.29) is 30.7 Å². The monoisotopic (exact) mass is 423 g/mol. The topological polar surface area (TPSA) is 49.6 Å². The van der Waals surface area contributed by atoms with Gasteiger partial charge >= 0.3 is 0 Å². The van der Waals surface area contributed by atoms with Crippen molar-refractivity contribution in [3.63, 3.8) is 0 Å². The highest BCUT2D eigenvalue weighted by Crippen LogP contribution is 2.24. The number of anilines is 1. The van der Waals surface area contributed by atoms with E-state index < -0.39 is 0 Å². The first-order valence-electron chi connectivity index (χ1n) is 7.73. The van der Waals surface area contributed by atoms with Crippen molar-refractivity contribution in [3.05, 3.63) is 28.2 Å². The van der Waals surface area contributed by atoms with Crippen molar-refractivity contribution >= 4 is 52.3 Å². The van der Waals surface area contributed by atoms with Crippen LogP contribution in [-0.4, -0.2) is 47.9 Å². The van der Waals surface area contributed by atoms with Crippen LogP contribution in [0.15, 0.2) is 22.7 Å². The Labute approximate surface area is 158 Å². The van der Waals surface area contributed by atoms with Crippen molar-refractivity contribution in [2.75, 3.05) is 31.9 Å². The number of hydrogen-bond acceptors (Lipinski definition) is 3. The molecule has 130 valence electrons. The van der Waals surface area contributed by atoms with Gasteiger partial charge in [-0.05, 0) is 57.0 Å². The van der Waals surface area contributed by atoms with E-state index in [4.69, 9.17) is 5.73 Å². The van der Waals surface area contributed by atoms with Gasteiger partial charge in [-0.15, -0.1) is 24.8 Å². The largest absolute Gasteiger partial charge is 0.398 e. The third kappa shape index (κ3) is 4.75. The SMILES string of the molecule is Cl.Cl.Nc1cc(Br)ccc1C(=O)N1CCC(N2CCCC2)CC1. The van der Waals surface area contributed by atoms with Crippen molar-refractivity contribution in [1.82, 2.24) is 9.80 Å². The Kier molecular flexibility index (Phi) is 8.14. The van der Waals surface area contributed by atoms with Crippen molar-refractivity contribution in [3.8, 4) is 0 Å². The van der Waals surface area contributed by atoms with E-state index in [0.717, 1.165) is 30.4 Å². The van der Waals surface area contributed by atoms with Crippen LogP contribution in [0.3, 0.4) is 0 Å². The molecule has 0 atom stereocenters. The molecule has 2 N–H and O–H groups in total. The van der Waals surface area contributed by atoms with Gasteiger partial charge in [0.1, 0.15) is 0 Å². The molecule has 1 aromatic rings. The number of amides is 1. The fraction of sp³-hybridized carbons (Fsp3) is 0.562. The Hall–Kier alpha value is -0.490. The lowest BCUT2D eigenvalue weighted by atomic mass is 10.0. The molecule has 7 heteroatoms. The Morgan fingerprint density at radius 2 is 1.70 bits per heavy atom. The number of nitrogens with two attached hydrogens (primary N) is 1. The van der Waals surface area contributed by atoms with Crippen molar-refractivity contribution < 1.29 is 4.79 Å². The molecule has 2 aliphatic heterocycles. The predicted octanol–water partition coefficient (Wildman–Crippen LogP) is 3.58. The molecule has 0 aromatic heterocycles. The summed E-state index contributed by atoms with van der Waals surface area (Å²) >= 11 is 3.38. The van der Waals surface area contributed by atoms with E-state index in [1.165, 1.54) is 25.9 Å². The standard InChI is InChI=1S/C16H22BrN3O.2ClH/c17-12-3-4-14(15(18)11-12)16(21)20-9-5-13(6-10-20)19-7-1-2-8-19;;/h3-4,11,13H,1-2,5-10,18H2;2*1H. The summed E-state index contributed by atoms with van der Waals surface area (Å²) in [6.45, 7) is 4.15. The van der Waals surface area contributed by atoms with E-state index >= 15 is 0 Å². The molecule has 2 fully saturated rings. The lowest BCUT2D eigenvalue weighted by Crippen LogP contribution is -2.46. The van der Waals surface area contributed by atoms with Crippen LogP contribution in [0.1, 0.15) is 36.0 Å². The quantitative estimate of drug-likeness (QED) is 0.738. The normalized spacial score (nSPS) is 19.1. The second kappa shape index (κ2) is 9.11. The fourth-order valence-corrected chi connectivity index (χ4v) is 3.82. The van der Waals surface area contributed by atoms with Crippen LogP contribution in [0.2, 0.25) is 0 Å². The lowest BCUT2D eigenvalue weighted by molar-refractivity contribution is 0.0645. The van der Waals surface area contributed by atoms with E-state index in [9.17, 15) is 4.79 Å². The molecule has 0 saturated carbocycles. The number of hydrogen-bond donors (Lipinski definition) is 1. The average molecular weight is 425 g/mol. The average Bonchev–Trinajstić information content (AvgIpc) is 3.01. The van der Waals surface area contributed by atoms with E-state index in [1.807, 2.05) is 17.0 Å². The zero-order valence-electron chi connectivity index (χ0n) is 13.0. The van der Waals surface area contributed by atoms with Gasteiger partial charge in [0.05, 0.1) is 5.56 Å². The van der Waals surface area contributed by atoms with Gasteiger partial charge in [0.15, 0.2) is 0 Å². The first-order valence-corrected chi connectivity index (χ1v) is 8.53. The van der Waals surface area contributed by atoms with E-state index in [0.29, 0.717) is 17.3 Å². The number of halogens is 3. The summed E-state index contributed by atoms with van der Waals surface area (Å²) in [5, 5.41) is 0. The molecule has 1 aromatic carbocycles. The first kappa shape index (κ1) is 20.6. The summed E-state index contributed by atoms with van der Waals surface area (Å²) in [4.78, 5) is 17.1. The number of piperidine rings is 1. The number of rotatable bonds is 2. The fourth-order valence-electron chi connectivity index (χ4n) is 3.44. The summed E-state index contributed by atoms with van der Waals surface area (Å²) in [6.07, 6.45) is 4.83. The van der Waals surface area contributed by atoms with E-state index in [1.54, 1.807) is 6.07 Å². The summed E-state index contributed by atoms with van der Waals surface area (Å²) in [7, 11) is 0. The summed E-state index contributed by atoms with van der Waals surface area (Å²) in [6, 6.07) is 6.15. The predicted molar refractivity (Wildman–Crippen MR) is 103 cm³/mol. The number of carbonyl (C=O) groups is 1. The van der Waals surface area contributed by atoms with Gasteiger partial charge in [-0.25, -0.2) is 0 Å². The van der Waals surface area contributed by atoms with Gasteiger partial charge in [0.25, 0.3) is 5.91 Å². The number of carbonyl (C=O) groups excluding carboxylic acids is 1. The third-order valence-corrected chi connectivity index (χ3v) is 5.15. The molecular formula is C16H24BrCl2N3O. The number of benzene rings is 1. The third-order valence-electron chi connectivity index (χ3n) is 4.65. The second-order valence-corrected chi connectivity index (χ2v) is 6.91. The molecule has 4 nitrogen and oxygen atoms in total. The van der Waals surface area contributed by atoms with Crippen LogP contribution >= 0.6 is 40.7 Å². The highest BCUT2D eigenvalue weighted by Gasteiger charge is 2.29. The molecule has 3 rings (SSSR count). The molecule has 1 amide bonds. The smallest absolute Gasteiger partial charge is 0.255 e. The summed E-state index contributed by atoms with van der Waals surface area (Å²) in [5.41, 5.74) is 7.14. The maximum atomic E-state index is 12.6. The van der Waals surface area contributed by atoms with Crippen LogP contribution < -0.4 is 5.73 Å². The Morgan fingerprint density at radius 3 is 2.26 bits per heavy atom. The van der Waals surface area contributed by atoms with Crippen molar-refractivity contribution in [2.24, 2.45) is 0 Å². The maximum Gasteiger partial charge on any atom is 0.255 e. The van der Waals surface area contributed by atoms with Crippen LogP contribution in [0.5, 0.6) is 0 Å². The molecular weight excluding hydrogens is 401 g/mol. The Balaban J connectivity index is 0.00000132. The van der Waals surface area contributed by atoms with Crippen molar-refractivity contribution in [1.29, 1.82) is 0 Å². The molecule has 0 bridgehead atoms. The van der Waals surface area contributed by atoms with E-state index in [2.05, 4.69) is 20.8 Å². The van der Waals surface area contributed by atoms with Crippen LogP contribution in [0.4, 0.5) is 5.69 Å². The van der Waals surface area contributed by atoms with Crippen LogP contribution in [-0.2, 0) is 0 Å². The van der Waals surface area contributed by atoms with Crippen molar-refractivity contribution in [2.45, 2.75) is 31.7 Å². The van der Waals surface area contributed by atoms with Gasteiger partial charge in [0, 0.05) is 29.3 Å². The summed E-state index contributed by atoms with van der Waals surface area (Å²) < 4.78 is 0.907. The number of likely N-dealkylation sites (tertiary alicyclic amines) is 2. The minimum atomic E-state index is 0. The van der Waals surface area contributed by atoms with Gasteiger partial charge in [-0.1, -0.05) is 15.9 Å².